The number of rotatable bonds is 9. The lowest BCUT2D eigenvalue weighted by atomic mass is 10.2. The highest BCUT2D eigenvalue weighted by Gasteiger charge is 2.22. The van der Waals surface area contributed by atoms with Gasteiger partial charge in [0.1, 0.15) is 6.54 Å². The van der Waals surface area contributed by atoms with E-state index in [1.165, 1.54) is 0 Å². The summed E-state index contributed by atoms with van der Waals surface area (Å²) in [5.41, 5.74) is 2.03. The van der Waals surface area contributed by atoms with Gasteiger partial charge < -0.3 is 10.1 Å². The van der Waals surface area contributed by atoms with Crippen molar-refractivity contribution in [3.63, 3.8) is 0 Å². The van der Waals surface area contributed by atoms with Gasteiger partial charge >= 0.3 is 0 Å². The minimum atomic E-state index is -3.64. The number of halogens is 1. The third kappa shape index (κ3) is 6.53. The fraction of sp³-hybridized carbons (Fsp3) is 0.316. The summed E-state index contributed by atoms with van der Waals surface area (Å²) < 4.78 is 30.8. The minimum Gasteiger partial charge on any atom is -0.375 e. The van der Waals surface area contributed by atoms with Crippen molar-refractivity contribution in [1.29, 1.82) is 0 Å². The van der Waals surface area contributed by atoms with Crippen molar-refractivity contribution in [3.8, 4) is 0 Å². The van der Waals surface area contributed by atoms with Crippen LogP contribution < -0.4 is 9.62 Å². The molecule has 0 radical (unpaired) electrons. The topological polar surface area (TPSA) is 75.7 Å². The number of anilines is 1. The van der Waals surface area contributed by atoms with Gasteiger partial charge in [-0.2, -0.15) is 0 Å². The summed E-state index contributed by atoms with van der Waals surface area (Å²) in [6.45, 7) is 2.46. The van der Waals surface area contributed by atoms with Crippen LogP contribution >= 0.6 is 11.6 Å². The Hall–Kier alpha value is -2.09. The Morgan fingerprint density at radius 3 is 2.52 bits per heavy atom. The van der Waals surface area contributed by atoms with Crippen LogP contribution in [0.25, 0.3) is 0 Å². The van der Waals surface area contributed by atoms with E-state index in [1.807, 2.05) is 30.3 Å². The third-order valence-corrected chi connectivity index (χ3v) is 5.41. The van der Waals surface area contributed by atoms with Gasteiger partial charge in [0.05, 0.1) is 25.2 Å². The van der Waals surface area contributed by atoms with Crippen LogP contribution in [0.4, 0.5) is 5.69 Å². The molecule has 2 rings (SSSR count). The molecule has 0 aliphatic heterocycles. The molecule has 2 aromatic carbocycles. The molecule has 0 aliphatic rings. The van der Waals surface area contributed by atoms with E-state index in [-0.39, 0.29) is 13.1 Å². The first-order valence-electron chi connectivity index (χ1n) is 8.40. The molecule has 0 aromatic heterocycles. The molecule has 8 heteroatoms. The first-order valence-corrected chi connectivity index (χ1v) is 10.6. The SMILES string of the molecule is Cc1c(Cl)cccc1N(CC(=O)NCCOCc1ccccc1)S(C)(=O)=O. The average Bonchev–Trinajstić information content (AvgIpc) is 2.62. The highest BCUT2D eigenvalue weighted by Crippen LogP contribution is 2.27. The fourth-order valence-corrected chi connectivity index (χ4v) is 3.54. The zero-order chi connectivity index (χ0) is 19.9. The van der Waals surface area contributed by atoms with E-state index in [4.69, 9.17) is 16.3 Å². The second-order valence-corrected chi connectivity index (χ2v) is 8.36. The van der Waals surface area contributed by atoms with Crippen molar-refractivity contribution >= 4 is 33.2 Å². The van der Waals surface area contributed by atoms with Crippen molar-refractivity contribution in [2.24, 2.45) is 0 Å². The number of hydrogen-bond acceptors (Lipinski definition) is 4. The Labute approximate surface area is 165 Å². The van der Waals surface area contributed by atoms with Gasteiger partial charge in [-0.3, -0.25) is 9.10 Å². The van der Waals surface area contributed by atoms with Crippen molar-refractivity contribution in [1.82, 2.24) is 5.32 Å². The summed E-state index contributed by atoms with van der Waals surface area (Å²) >= 11 is 6.07. The van der Waals surface area contributed by atoms with Crippen LogP contribution in [-0.4, -0.2) is 40.3 Å². The van der Waals surface area contributed by atoms with Gasteiger partial charge in [-0.15, -0.1) is 0 Å². The number of nitrogens with zero attached hydrogens (tertiary/aromatic N) is 1. The molecule has 0 atom stereocenters. The van der Waals surface area contributed by atoms with E-state index in [0.29, 0.717) is 29.5 Å². The van der Waals surface area contributed by atoms with Crippen LogP contribution in [0.3, 0.4) is 0 Å². The molecule has 1 N–H and O–H groups in total. The molecule has 0 heterocycles. The molecule has 0 saturated carbocycles. The monoisotopic (exact) mass is 410 g/mol. The maximum absolute atomic E-state index is 12.2. The molecule has 0 bridgehead atoms. The molecule has 0 spiro atoms. The third-order valence-electron chi connectivity index (χ3n) is 3.88. The maximum Gasteiger partial charge on any atom is 0.240 e. The highest BCUT2D eigenvalue weighted by molar-refractivity contribution is 7.92. The van der Waals surface area contributed by atoms with Crippen LogP contribution in [0.2, 0.25) is 5.02 Å². The van der Waals surface area contributed by atoms with Gasteiger partial charge in [-0.1, -0.05) is 48.0 Å². The molecule has 27 heavy (non-hydrogen) atoms. The standard InChI is InChI=1S/C19H23ClN2O4S/c1-15-17(20)9-6-10-18(15)22(27(2,24)25)13-19(23)21-11-12-26-14-16-7-4-3-5-8-16/h3-10H,11-14H2,1-2H3,(H,21,23). The zero-order valence-electron chi connectivity index (χ0n) is 15.3. The molecule has 0 aliphatic carbocycles. The number of hydrogen-bond donors (Lipinski definition) is 1. The van der Waals surface area contributed by atoms with E-state index in [9.17, 15) is 13.2 Å². The van der Waals surface area contributed by atoms with E-state index in [1.54, 1.807) is 25.1 Å². The first-order chi connectivity index (χ1) is 12.8. The lowest BCUT2D eigenvalue weighted by Gasteiger charge is -2.24. The Morgan fingerprint density at radius 2 is 1.85 bits per heavy atom. The normalized spacial score (nSPS) is 11.2. The number of benzene rings is 2. The van der Waals surface area contributed by atoms with Gasteiger partial charge in [0, 0.05) is 11.6 Å². The molecule has 0 saturated heterocycles. The van der Waals surface area contributed by atoms with Crippen molar-refractivity contribution in [2.75, 3.05) is 30.3 Å². The van der Waals surface area contributed by atoms with Gasteiger partial charge in [-0.05, 0) is 30.2 Å². The number of carbonyl (C=O) groups is 1. The minimum absolute atomic E-state index is 0.289. The molecule has 2 aromatic rings. The Morgan fingerprint density at radius 1 is 1.15 bits per heavy atom. The van der Waals surface area contributed by atoms with Crippen LogP contribution in [0.1, 0.15) is 11.1 Å². The van der Waals surface area contributed by atoms with Gasteiger partial charge in [-0.25, -0.2) is 8.42 Å². The first kappa shape index (κ1) is 21.2. The molecule has 0 unspecified atom stereocenters. The second-order valence-electron chi connectivity index (χ2n) is 6.04. The number of carbonyl (C=O) groups excluding carboxylic acids is 1. The van der Waals surface area contributed by atoms with Crippen LogP contribution in [0.15, 0.2) is 48.5 Å². The maximum atomic E-state index is 12.2. The van der Waals surface area contributed by atoms with Crippen molar-refractivity contribution in [2.45, 2.75) is 13.5 Å². The number of sulfonamides is 1. The summed E-state index contributed by atoms with van der Waals surface area (Å²) in [4.78, 5) is 12.2. The van der Waals surface area contributed by atoms with Crippen LogP contribution in [-0.2, 0) is 26.2 Å². The molecule has 146 valence electrons. The van der Waals surface area contributed by atoms with Crippen molar-refractivity contribution < 1.29 is 17.9 Å². The Balaban J connectivity index is 1.88. The molecule has 6 nitrogen and oxygen atoms in total. The van der Waals surface area contributed by atoms with E-state index in [2.05, 4.69) is 5.32 Å². The predicted octanol–water partition coefficient (Wildman–Crippen LogP) is 2.75. The van der Waals surface area contributed by atoms with Crippen LogP contribution in [0.5, 0.6) is 0 Å². The summed E-state index contributed by atoms with van der Waals surface area (Å²) in [5.74, 6) is -0.414. The zero-order valence-corrected chi connectivity index (χ0v) is 16.9. The Kier molecular flexibility index (Phi) is 7.65. The summed E-state index contributed by atoms with van der Waals surface area (Å²) in [6.07, 6.45) is 1.06. The predicted molar refractivity (Wildman–Crippen MR) is 107 cm³/mol. The van der Waals surface area contributed by atoms with Gasteiger partial charge in [0.2, 0.25) is 15.9 Å². The van der Waals surface area contributed by atoms with Gasteiger partial charge in [0.25, 0.3) is 0 Å². The van der Waals surface area contributed by atoms with E-state index < -0.39 is 15.9 Å². The van der Waals surface area contributed by atoms with Gasteiger partial charge in [0.15, 0.2) is 0 Å². The quantitative estimate of drug-likeness (QED) is 0.645. The number of nitrogens with one attached hydrogen (secondary N) is 1. The van der Waals surface area contributed by atoms with E-state index in [0.717, 1.165) is 16.1 Å². The summed E-state index contributed by atoms with van der Waals surface area (Å²) in [7, 11) is -3.64. The lowest BCUT2D eigenvalue weighted by molar-refractivity contribution is -0.119. The largest absolute Gasteiger partial charge is 0.375 e. The molecule has 0 fully saturated rings. The highest BCUT2D eigenvalue weighted by atomic mass is 35.5. The lowest BCUT2D eigenvalue weighted by Crippen LogP contribution is -2.41. The second kappa shape index (κ2) is 9.73. The molecule has 1 amide bonds. The van der Waals surface area contributed by atoms with E-state index >= 15 is 0 Å². The number of amides is 1. The van der Waals surface area contributed by atoms with Crippen LogP contribution in [0, 0.1) is 6.92 Å². The average molecular weight is 411 g/mol. The fourth-order valence-electron chi connectivity index (χ4n) is 2.46. The smallest absolute Gasteiger partial charge is 0.240 e. The molecular weight excluding hydrogens is 388 g/mol. The Bertz CT molecular complexity index is 873. The molecular formula is C19H23ClN2O4S. The van der Waals surface area contributed by atoms with Crippen molar-refractivity contribution in [3.05, 3.63) is 64.7 Å². The number of ether oxygens (including phenoxy) is 1. The summed E-state index contributed by atoms with van der Waals surface area (Å²) in [6, 6.07) is 14.6. The summed E-state index contributed by atoms with van der Waals surface area (Å²) in [5, 5.41) is 3.11.